The number of hydrogen-bond acceptors (Lipinski definition) is 2. The maximum atomic E-state index is 13.7. The standard InChI is InChI=1S/C30H33N3O2.C2H6.H2/c1-21-12-14-25-26(15-13-22(2)27(25)19-21)30(35)33(4)24(20-23-9-6-5-7-10-23)16-17-31-29(34)28-11-8-18-32(28)3;1-2;/h5-15,18,24H,1,16-17,19-20H2,2-4H3,(H,31,34);1-2H3;1H/t24-;;/m1../s1. The largest absolute Gasteiger partial charge is 0.351 e. The van der Waals surface area contributed by atoms with Crippen LogP contribution in [0.4, 0.5) is 0 Å². The number of carbonyl (C=O) groups is 2. The molecule has 2 aromatic carbocycles. The molecule has 37 heavy (non-hydrogen) atoms. The molecule has 1 aliphatic rings. The molecule has 0 bridgehead atoms. The average Bonchev–Trinajstić information content (AvgIpc) is 3.35. The minimum atomic E-state index is -0.108. The Kier molecular flexibility index (Phi) is 9.67. The van der Waals surface area contributed by atoms with E-state index in [1.807, 2.05) is 87.6 Å². The Morgan fingerprint density at radius 2 is 1.81 bits per heavy atom. The summed E-state index contributed by atoms with van der Waals surface area (Å²) in [7, 11) is 3.72. The van der Waals surface area contributed by atoms with Gasteiger partial charge in [0, 0.05) is 39.9 Å². The van der Waals surface area contributed by atoms with Gasteiger partial charge in [-0.15, -0.1) is 0 Å². The molecule has 3 aromatic rings. The number of nitrogens with zero attached hydrogens (tertiary/aromatic N) is 2. The second kappa shape index (κ2) is 12.9. The van der Waals surface area contributed by atoms with Gasteiger partial charge in [0.25, 0.3) is 11.8 Å². The summed E-state index contributed by atoms with van der Waals surface area (Å²) in [5.41, 5.74) is 6.88. The van der Waals surface area contributed by atoms with Crippen molar-refractivity contribution in [3.63, 3.8) is 0 Å². The topological polar surface area (TPSA) is 54.3 Å². The van der Waals surface area contributed by atoms with Gasteiger partial charge in [-0.25, -0.2) is 0 Å². The number of nitrogens with one attached hydrogen (secondary N) is 1. The highest BCUT2D eigenvalue weighted by molar-refractivity contribution is 5.99. The lowest BCUT2D eigenvalue weighted by atomic mass is 9.87. The normalized spacial score (nSPS) is 12.7. The second-order valence-corrected chi connectivity index (χ2v) is 9.30. The molecule has 0 fully saturated rings. The van der Waals surface area contributed by atoms with E-state index in [9.17, 15) is 9.59 Å². The van der Waals surface area contributed by atoms with E-state index in [0.717, 1.165) is 23.1 Å². The number of carbonyl (C=O) groups excluding carboxylic acids is 2. The predicted octanol–water partition coefficient (Wildman–Crippen LogP) is 6.23. The summed E-state index contributed by atoms with van der Waals surface area (Å²) in [6.07, 6.45) is 7.99. The molecule has 1 aromatic heterocycles. The minimum absolute atomic E-state index is 0. The third kappa shape index (κ3) is 6.67. The zero-order chi connectivity index (χ0) is 26.9. The third-order valence-electron chi connectivity index (χ3n) is 6.83. The van der Waals surface area contributed by atoms with E-state index in [1.165, 1.54) is 11.1 Å². The molecule has 4 rings (SSSR count). The van der Waals surface area contributed by atoms with Gasteiger partial charge in [0.15, 0.2) is 0 Å². The monoisotopic (exact) mass is 499 g/mol. The summed E-state index contributed by atoms with van der Waals surface area (Å²) >= 11 is 0. The number of aromatic nitrogens is 1. The van der Waals surface area contributed by atoms with Gasteiger partial charge in [0.2, 0.25) is 0 Å². The van der Waals surface area contributed by atoms with Crippen molar-refractivity contribution in [3.8, 4) is 0 Å². The Bertz CT molecular complexity index is 1280. The Morgan fingerprint density at radius 3 is 2.49 bits per heavy atom. The fraction of sp³-hybridized carbons (Fsp3) is 0.312. The molecule has 0 saturated heterocycles. The molecule has 1 aliphatic carbocycles. The molecule has 5 heteroatoms. The van der Waals surface area contributed by atoms with E-state index in [4.69, 9.17) is 0 Å². The zero-order valence-electron chi connectivity index (χ0n) is 22.8. The molecule has 1 atom stereocenters. The first-order valence-corrected chi connectivity index (χ1v) is 13.0. The summed E-state index contributed by atoms with van der Waals surface area (Å²) in [5, 5.41) is 3.02. The quantitative estimate of drug-likeness (QED) is 0.399. The number of likely N-dealkylation sites (N-methyl/N-ethyl adjacent to an activating group) is 1. The van der Waals surface area contributed by atoms with Crippen LogP contribution in [0.3, 0.4) is 0 Å². The summed E-state index contributed by atoms with van der Waals surface area (Å²) in [6, 6.07) is 17.7. The van der Waals surface area contributed by atoms with Crippen molar-refractivity contribution in [2.24, 2.45) is 7.05 Å². The van der Waals surface area contributed by atoms with Crippen molar-refractivity contribution >= 4 is 17.9 Å². The third-order valence-corrected chi connectivity index (χ3v) is 6.83. The van der Waals surface area contributed by atoms with Crippen LogP contribution < -0.4 is 5.32 Å². The van der Waals surface area contributed by atoms with Crippen LogP contribution in [0.1, 0.15) is 64.8 Å². The van der Waals surface area contributed by atoms with Crippen LogP contribution in [0.25, 0.3) is 6.08 Å². The highest BCUT2D eigenvalue weighted by Gasteiger charge is 2.25. The van der Waals surface area contributed by atoms with Crippen LogP contribution in [-0.2, 0) is 19.9 Å². The van der Waals surface area contributed by atoms with Gasteiger partial charge >= 0.3 is 0 Å². The van der Waals surface area contributed by atoms with Crippen LogP contribution in [0.15, 0.2) is 79.0 Å². The Hall–Kier alpha value is -3.86. The zero-order valence-corrected chi connectivity index (χ0v) is 22.8. The van der Waals surface area contributed by atoms with Crippen LogP contribution >= 0.6 is 0 Å². The molecule has 0 spiro atoms. The number of aryl methyl sites for hydroxylation is 2. The minimum Gasteiger partial charge on any atom is -0.351 e. The van der Waals surface area contributed by atoms with Gasteiger partial charge < -0.3 is 14.8 Å². The van der Waals surface area contributed by atoms with Crippen molar-refractivity contribution in [3.05, 3.63) is 113 Å². The first kappa shape index (κ1) is 27.7. The number of fused-ring (bicyclic) bond motifs is 1. The molecule has 0 radical (unpaired) electrons. The molecule has 2 amide bonds. The van der Waals surface area contributed by atoms with E-state index in [-0.39, 0.29) is 19.3 Å². The molecule has 196 valence electrons. The van der Waals surface area contributed by atoms with E-state index < -0.39 is 0 Å². The highest BCUT2D eigenvalue weighted by atomic mass is 16.2. The first-order valence-electron chi connectivity index (χ1n) is 13.0. The number of allylic oxidation sites excluding steroid dienone is 2. The van der Waals surface area contributed by atoms with Crippen LogP contribution in [0, 0.1) is 6.92 Å². The van der Waals surface area contributed by atoms with Gasteiger partial charge in [0.05, 0.1) is 0 Å². The van der Waals surface area contributed by atoms with Crippen molar-refractivity contribution < 1.29 is 11.0 Å². The van der Waals surface area contributed by atoms with Gasteiger partial charge in [-0.1, -0.05) is 74.5 Å². The molecule has 0 unspecified atom stereocenters. The fourth-order valence-corrected chi connectivity index (χ4v) is 4.69. The molecule has 5 nitrogen and oxygen atoms in total. The van der Waals surface area contributed by atoms with Crippen LogP contribution in [-0.4, -0.2) is 40.9 Å². The molecular weight excluding hydrogens is 458 g/mol. The first-order chi connectivity index (χ1) is 17.8. The SMILES string of the molecule is C=C1C=Cc2c(C(=O)N(C)[C@H](CCNC(=O)c3cccn3C)Cc3ccccc3)ccc(C)c2C1.CC.[HH]. The molecule has 1 heterocycles. The van der Waals surface area contributed by atoms with E-state index in [1.54, 1.807) is 10.6 Å². The van der Waals surface area contributed by atoms with Crippen LogP contribution in [0.5, 0.6) is 0 Å². The van der Waals surface area contributed by atoms with Gasteiger partial charge in [-0.05, 0) is 66.6 Å². The highest BCUT2D eigenvalue weighted by Crippen LogP contribution is 2.29. The lowest BCUT2D eigenvalue weighted by Crippen LogP contribution is -2.41. The number of rotatable bonds is 8. The number of amides is 2. The molecule has 1 N–H and O–H groups in total. The lowest BCUT2D eigenvalue weighted by molar-refractivity contribution is 0.0722. The maximum absolute atomic E-state index is 13.7. The van der Waals surface area contributed by atoms with E-state index in [2.05, 4.69) is 31.0 Å². The van der Waals surface area contributed by atoms with Crippen molar-refractivity contribution in [1.29, 1.82) is 0 Å². The van der Waals surface area contributed by atoms with Crippen molar-refractivity contribution in [2.75, 3.05) is 13.6 Å². The van der Waals surface area contributed by atoms with E-state index in [0.29, 0.717) is 30.6 Å². The Labute approximate surface area is 223 Å². The molecule has 0 saturated carbocycles. The average molecular weight is 500 g/mol. The molecular formula is C32H41N3O2. The Morgan fingerprint density at radius 1 is 1.08 bits per heavy atom. The molecule has 0 aliphatic heterocycles. The summed E-state index contributed by atoms with van der Waals surface area (Å²) < 4.78 is 1.80. The summed E-state index contributed by atoms with van der Waals surface area (Å²) in [4.78, 5) is 28.2. The number of benzene rings is 2. The summed E-state index contributed by atoms with van der Waals surface area (Å²) in [5.74, 6) is -0.115. The van der Waals surface area contributed by atoms with Gasteiger partial charge in [0.1, 0.15) is 5.69 Å². The lowest BCUT2D eigenvalue weighted by Gasteiger charge is -2.30. The maximum Gasteiger partial charge on any atom is 0.267 e. The predicted molar refractivity (Wildman–Crippen MR) is 155 cm³/mol. The van der Waals surface area contributed by atoms with Crippen LogP contribution in [0.2, 0.25) is 0 Å². The number of hydrogen-bond donors (Lipinski definition) is 1. The summed E-state index contributed by atoms with van der Waals surface area (Å²) in [6.45, 7) is 10.6. The fourth-order valence-electron chi connectivity index (χ4n) is 4.69. The Balaban J connectivity index is 0.00000165. The van der Waals surface area contributed by atoms with Crippen molar-refractivity contribution in [2.45, 2.75) is 46.1 Å². The van der Waals surface area contributed by atoms with Gasteiger partial charge in [-0.2, -0.15) is 0 Å². The smallest absolute Gasteiger partial charge is 0.267 e. The second-order valence-electron chi connectivity index (χ2n) is 9.30. The van der Waals surface area contributed by atoms with Gasteiger partial charge in [-0.3, -0.25) is 9.59 Å². The van der Waals surface area contributed by atoms with E-state index >= 15 is 0 Å². The van der Waals surface area contributed by atoms with Crippen molar-refractivity contribution in [1.82, 2.24) is 14.8 Å².